The number of allylic oxidation sites excluding steroid dienone is 1. The Morgan fingerprint density at radius 2 is 2.12 bits per heavy atom. The Hall–Kier alpha value is -0.930. The van der Waals surface area contributed by atoms with E-state index < -0.39 is 11.0 Å². The van der Waals surface area contributed by atoms with E-state index in [1.54, 1.807) is 19.1 Å². The largest absolute Gasteiger partial charge is 0.396 e. The summed E-state index contributed by atoms with van der Waals surface area (Å²) in [5, 5.41) is 19.3. The molecule has 0 heterocycles. The van der Waals surface area contributed by atoms with Crippen molar-refractivity contribution in [2.24, 2.45) is 5.41 Å². The van der Waals surface area contributed by atoms with E-state index in [4.69, 9.17) is 5.11 Å². The highest BCUT2D eigenvalue weighted by atomic mass is 16.3. The molecular formula is C13H20O3. The molecule has 3 heteroatoms. The molecule has 0 aromatic rings. The molecule has 0 aliphatic heterocycles. The van der Waals surface area contributed by atoms with Gasteiger partial charge in [-0.25, -0.2) is 0 Å². The third-order valence-corrected chi connectivity index (χ3v) is 3.28. The zero-order valence-electron chi connectivity index (χ0n) is 10.2. The lowest BCUT2D eigenvalue weighted by Gasteiger charge is -2.43. The molecular weight excluding hydrogens is 204 g/mol. The fraction of sp³-hybridized carbons (Fsp3) is 0.615. The minimum atomic E-state index is -1.09. The number of aliphatic hydroxyl groups is 2. The quantitative estimate of drug-likeness (QED) is 0.716. The Labute approximate surface area is 96.5 Å². The van der Waals surface area contributed by atoms with E-state index in [2.05, 4.69) is 0 Å². The second kappa shape index (κ2) is 4.52. The summed E-state index contributed by atoms with van der Waals surface area (Å²) in [5.41, 5.74) is -0.923. The first kappa shape index (κ1) is 13.1. The summed E-state index contributed by atoms with van der Waals surface area (Å²) in [6, 6.07) is 0. The fourth-order valence-electron chi connectivity index (χ4n) is 2.19. The van der Waals surface area contributed by atoms with Crippen LogP contribution in [0.2, 0.25) is 0 Å². The van der Waals surface area contributed by atoms with E-state index >= 15 is 0 Å². The zero-order chi connectivity index (χ0) is 12.4. The Morgan fingerprint density at radius 1 is 1.50 bits per heavy atom. The minimum absolute atomic E-state index is 0.0581. The van der Waals surface area contributed by atoms with Gasteiger partial charge in [-0.15, -0.1) is 0 Å². The van der Waals surface area contributed by atoms with Gasteiger partial charge in [0.05, 0.1) is 0 Å². The van der Waals surface area contributed by atoms with Crippen molar-refractivity contribution in [2.45, 2.75) is 39.2 Å². The molecule has 0 spiro atoms. The van der Waals surface area contributed by atoms with Crippen LogP contribution in [0.4, 0.5) is 0 Å². The second-order valence-electron chi connectivity index (χ2n) is 5.04. The topological polar surface area (TPSA) is 57.5 Å². The van der Waals surface area contributed by atoms with Gasteiger partial charge in [-0.05, 0) is 25.0 Å². The molecule has 0 aromatic heterocycles. The monoisotopic (exact) mass is 224 g/mol. The smallest absolute Gasteiger partial charge is 0.156 e. The van der Waals surface area contributed by atoms with Crippen LogP contribution in [0.5, 0.6) is 0 Å². The van der Waals surface area contributed by atoms with Crippen LogP contribution in [0, 0.1) is 5.41 Å². The Morgan fingerprint density at radius 3 is 2.62 bits per heavy atom. The molecule has 0 radical (unpaired) electrons. The maximum absolute atomic E-state index is 11.5. The Bertz CT molecular complexity index is 339. The van der Waals surface area contributed by atoms with E-state index in [0.717, 1.165) is 0 Å². The van der Waals surface area contributed by atoms with Crippen molar-refractivity contribution in [3.63, 3.8) is 0 Å². The summed E-state index contributed by atoms with van der Waals surface area (Å²) in [6.07, 6.45) is 5.81. The maximum Gasteiger partial charge on any atom is 0.156 e. The highest BCUT2D eigenvalue weighted by Crippen LogP contribution is 2.44. The Balaban J connectivity index is 3.06. The highest BCUT2D eigenvalue weighted by molar-refractivity contribution is 5.92. The average molecular weight is 224 g/mol. The van der Waals surface area contributed by atoms with Crippen LogP contribution in [0.1, 0.15) is 33.6 Å². The molecule has 1 aliphatic rings. The first-order chi connectivity index (χ1) is 7.33. The lowest BCUT2D eigenvalue weighted by molar-refractivity contribution is -0.121. The molecule has 1 unspecified atom stereocenters. The van der Waals surface area contributed by atoms with Gasteiger partial charge in [-0.1, -0.05) is 26.0 Å². The summed E-state index contributed by atoms with van der Waals surface area (Å²) >= 11 is 0. The standard InChI is InChI=1S/C13H20O3/c1-10-8-11(15)9-12(2,3)13(10,16)6-4-5-7-14/h4,6,8,14,16H,5,7,9H2,1-3H3/b6-4-. The molecule has 16 heavy (non-hydrogen) atoms. The number of hydrogen-bond donors (Lipinski definition) is 2. The van der Waals surface area contributed by atoms with Crippen molar-refractivity contribution in [2.75, 3.05) is 6.61 Å². The summed E-state index contributed by atoms with van der Waals surface area (Å²) in [7, 11) is 0. The van der Waals surface area contributed by atoms with Crippen molar-refractivity contribution < 1.29 is 15.0 Å². The second-order valence-corrected chi connectivity index (χ2v) is 5.04. The number of ketones is 1. The maximum atomic E-state index is 11.5. The van der Waals surface area contributed by atoms with E-state index in [1.807, 2.05) is 13.8 Å². The van der Waals surface area contributed by atoms with Crippen LogP contribution in [0.25, 0.3) is 0 Å². The minimum Gasteiger partial charge on any atom is -0.396 e. The van der Waals surface area contributed by atoms with E-state index in [1.165, 1.54) is 6.08 Å². The van der Waals surface area contributed by atoms with Gasteiger partial charge in [0.25, 0.3) is 0 Å². The SMILES string of the molecule is CC1=CC(=O)CC(C)(C)C1(O)/C=C\CCO. The van der Waals surface area contributed by atoms with Crippen LogP contribution in [0.3, 0.4) is 0 Å². The molecule has 0 bridgehead atoms. The molecule has 0 fully saturated rings. The summed E-state index contributed by atoms with van der Waals surface area (Å²) in [6.45, 7) is 5.59. The van der Waals surface area contributed by atoms with Crippen molar-refractivity contribution in [1.29, 1.82) is 0 Å². The average Bonchev–Trinajstić information content (AvgIpc) is 2.14. The normalized spacial score (nSPS) is 29.6. The zero-order valence-corrected chi connectivity index (χ0v) is 10.2. The van der Waals surface area contributed by atoms with Gasteiger partial charge in [0.1, 0.15) is 5.60 Å². The molecule has 1 aliphatic carbocycles. The number of carbonyl (C=O) groups is 1. The van der Waals surface area contributed by atoms with Crippen LogP contribution in [-0.4, -0.2) is 28.2 Å². The van der Waals surface area contributed by atoms with Gasteiger partial charge >= 0.3 is 0 Å². The van der Waals surface area contributed by atoms with Crippen LogP contribution in [0.15, 0.2) is 23.8 Å². The molecule has 0 aromatic carbocycles. The lowest BCUT2D eigenvalue weighted by atomic mass is 9.64. The third-order valence-electron chi connectivity index (χ3n) is 3.28. The number of aliphatic hydroxyl groups excluding tert-OH is 1. The van der Waals surface area contributed by atoms with Crippen molar-refractivity contribution >= 4 is 5.78 Å². The highest BCUT2D eigenvalue weighted by Gasteiger charge is 2.46. The van der Waals surface area contributed by atoms with Crippen LogP contribution >= 0.6 is 0 Å². The van der Waals surface area contributed by atoms with Gasteiger partial charge < -0.3 is 10.2 Å². The van der Waals surface area contributed by atoms with Gasteiger partial charge in [0.15, 0.2) is 5.78 Å². The van der Waals surface area contributed by atoms with Crippen molar-refractivity contribution in [1.82, 2.24) is 0 Å². The summed E-state index contributed by atoms with van der Waals surface area (Å²) in [4.78, 5) is 11.5. The van der Waals surface area contributed by atoms with Gasteiger partial charge in [0, 0.05) is 18.4 Å². The van der Waals surface area contributed by atoms with Gasteiger partial charge in [-0.3, -0.25) is 4.79 Å². The number of carbonyl (C=O) groups excluding carboxylic acids is 1. The van der Waals surface area contributed by atoms with E-state index in [-0.39, 0.29) is 12.4 Å². The third kappa shape index (κ3) is 2.25. The van der Waals surface area contributed by atoms with Gasteiger partial charge in [-0.2, -0.15) is 0 Å². The van der Waals surface area contributed by atoms with E-state index in [9.17, 15) is 9.90 Å². The first-order valence-corrected chi connectivity index (χ1v) is 5.56. The molecule has 1 rings (SSSR count). The summed E-state index contributed by atoms with van der Waals surface area (Å²) in [5.74, 6) is 0.0581. The Kier molecular flexibility index (Phi) is 3.71. The fourth-order valence-corrected chi connectivity index (χ4v) is 2.19. The molecule has 3 nitrogen and oxygen atoms in total. The number of rotatable bonds is 3. The van der Waals surface area contributed by atoms with Crippen LogP contribution < -0.4 is 0 Å². The molecule has 2 N–H and O–H groups in total. The van der Waals surface area contributed by atoms with Crippen molar-refractivity contribution in [3.05, 3.63) is 23.8 Å². The molecule has 1 atom stereocenters. The van der Waals surface area contributed by atoms with Gasteiger partial charge in [0.2, 0.25) is 0 Å². The molecule has 90 valence electrons. The molecule has 0 saturated carbocycles. The first-order valence-electron chi connectivity index (χ1n) is 5.56. The molecule has 0 saturated heterocycles. The van der Waals surface area contributed by atoms with Crippen molar-refractivity contribution in [3.8, 4) is 0 Å². The summed E-state index contributed by atoms with van der Waals surface area (Å²) < 4.78 is 0. The number of hydrogen-bond acceptors (Lipinski definition) is 3. The lowest BCUT2D eigenvalue weighted by Crippen LogP contribution is -2.48. The predicted octanol–water partition coefficient (Wildman–Crippen LogP) is 1.60. The van der Waals surface area contributed by atoms with E-state index in [0.29, 0.717) is 18.4 Å². The van der Waals surface area contributed by atoms with Crippen LogP contribution in [-0.2, 0) is 4.79 Å². The molecule has 0 amide bonds. The predicted molar refractivity (Wildman–Crippen MR) is 63.0 cm³/mol.